The molecule has 5 heteroatoms. The first-order valence-corrected chi connectivity index (χ1v) is 8.80. The van der Waals surface area contributed by atoms with Gasteiger partial charge in [0.15, 0.2) is 0 Å². The molecule has 1 fully saturated rings. The Balaban J connectivity index is 1.66. The van der Waals surface area contributed by atoms with Gasteiger partial charge >= 0.3 is 0 Å². The summed E-state index contributed by atoms with van der Waals surface area (Å²) in [6.45, 7) is 2.71. The average Bonchev–Trinajstić information content (AvgIpc) is 3.01. The van der Waals surface area contributed by atoms with E-state index in [0.717, 1.165) is 28.7 Å². The third-order valence-electron chi connectivity index (χ3n) is 4.23. The van der Waals surface area contributed by atoms with E-state index in [-0.39, 0.29) is 17.9 Å². The van der Waals surface area contributed by atoms with Crippen molar-refractivity contribution in [3.05, 3.63) is 64.1 Å². The lowest BCUT2D eigenvalue weighted by atomic mass is 10.1. The van der Waals surface area contributed by atoms with Crippen LogP contribution in [0.4, 0.5) is 5.69 Å². The monoisotopic (exact) mass is 386 g/mol. The summed E-state index contributed by atoms with van der Waals surface area (Å²) in [4.78, 5) is 25.9. The van der Waals surface area contributed by atoms with Crippen molar-refractivity contribution in [2.45, 2.75) is 25.8 Å². The van der Waals surface area contributed by atoms with Gasteiger partial charge in [-0.3, -0.25) is 9.59 Å². The molecule has 1 aliphatic heterocycles. The molecule has 0 unspecified atom stereocenters. The van der Waals surface area contributed by atoms with E-state index in [1.165, 1.54) is 0 Å². The van der Waals surface area contributed by atoms with E-state index in [1.54, 1.807) is 17.0 Å². The van der Waals surface area contributed by atoms with Gasteiger partial charge in [-0.1, -0.05) is 28.1 Å². The quantitative estimate of drug-likeness (QED) is 0.860. The molecular formula is C19H19BrN2O2. The number of carbonyl (C=O) groups excluding carboxylic acids is 2. The molecule has 0 saturated carbocycles. The molecule has 4 nitrogen and oxygen atoms in total. The van der Waals surface area contributed by atoms with Crippen LogP contribution in [-0.2, 0) is 4.79 Å². The van der Waals surface area contributed by atoms with Crippen LogP contribution in [0.2, 0.25) is 0 Å². The van der Waals surface area contributed by atoms with Gasteiger partial charge in [0.1, 0.15) is 0 Å². The van der Waals surface area contributed by atoms with E-state index in [2.05, 4.69) is 21.2 Å². The summed E-state index contributed by atoms with van der Waals surface area (Å²) in [5.41, 5.74) is 2.50. The number of amides is 2. The van der Waals surface area contributed by atoms with Crippen molar-refractivity contribution < 1.29 is 9.59 Å². The van der Waals surface area contributed by atoms with Gasteiger partial charge in [-0.25, -0.2) is 0 Å². The first-order chi connectivity index (χ1) is 11.5. The number of halogens is 1. The van der Waals surface area contributed by atoms with Crippen LogP contribution in [-0.4, -0.2) is 18.4 Å². The minimum Gasteiger partial charge on any atom is -0.346 e. The number of hydrogen-bond donors (Lipinski definition) is 1. The zero-order valence-electron chi connectivity index (χ0n) is 13.5. The fourth-order valence-electron chi connectivity index (χ4n) is 2.83. The Bertz CT molecular complexity index is 741. The third kappa shape index (κ3) is 3.67. The summed E-state index contributed by atoms with van der Waals surface area (Å²) in [6.07, 6.45) is 1.50. The molecule has 24 heavy (non-hydrogen) atoms. The van der Waals surface area contributed by atoms with E-state index in [4.69, 9.17) is 0 Å². The van der Waals surface area contributed by atoms with E-state index >= 15 is 0 Å². The van der Waals surface area contributed by atoms with Crippen LogP contribution in [0.1, 0.15) is 41.7 Å². The Morgan fingerprint density at radius 2 is 1.79 bits per heavy atom. The molecule has 0 spiro atoms. The second-order valence-corrected chi connectivity index (χ2v) is 6.86. The first kappa shape index (κ1) is 16.7. The van der Waals surface area contributed by atoms with Gasteiger partial charge in [-0.15, -0.1) is 0 Å². The number of nitrogens with zero attached hydrogens (tertiary/aromatic N) is 1. The SMILES string of the molecule is C[C@@H](NC(=O)c1ccc(N2CCCC2=O)cc1)c1ccc(Br)cc1. The van der Waals surface area contributed by atoms with Gasteiger partial charge in [-0.2, -0.15) is 0 Å². The lowest BCUT2D eigenvalue weighted by molar-refractivity contribution is -0.117. The Morgan fingerprint density at radius 1 is 1.12 bits per heavy atom. The summed E-state index contributed by atoms with van der Waals surface area (Å²) in [5.74, 6) is 0.0285. The van der Waals surface area contributed by atoms with Crippen LogP contribution in [0.5, 0.6) is 0 Å². The standard InChI is InChI=1S/C19H19BrN2O2/c1-13(14-4-8-16(20)9-5-14)21-19(24)15-6-10-17(11-7-15)22-12-2-3-18(22)23/h4-11,13H,2-3,12H2,1H3,(H,21,24)/t13-/m1/s1. The molecule has 1 heterocycles. The van der Waals surface area contributed by atoms with Gasteiger partial charge in [0.2, 0.25) is 5.91 Å². The first-order valence-electron chi connectivity index (χ1n) is 8.01. The predicted molar refractivity (Wildman–Crippen MR) is 98.1 cm³/mol. The maximum Gasteiger partial charge on any atom is 0.251 e. The maximum absolute atomic E-state index is 12.4. The van der Waals surface area contributed by atoms with Crippen molar-refractivity contribution in [1.82, 2.24) is 5.32 Å². The van der Waals surface area contributed by atoms with Crippen LogP contribution in [0.15, 0.2) is 53.0 Å². The van der Waals surface area contributed by atoms with Crippen molar-refractivity contribution in [3.8, 4) is 0 Å². The largest absolute Gasteiger partial charge is 0.346 e. The Kier molecular flexibility index (Phi) is 5.00. The second kappa shape index (κ2) is 7.18. The summed E-state index contributed by atoms with van der Waals surface area (Å²) in [7, 11) is 0. The van der Waals surface area contributed by atoms with Crippen LogP contribution in [0.25, 0.3) is 0 Å². The van der Waals surface area contributed by atoms with E-state index in [1.807, 2.05) is 43.3 Å². The van der Waals surface area contributed by atoms with Crippen LogP contribution in [0.3, 0.4) is 0 Å². The van der Waals surface area contributed by atoms with Crippen LogP contribution >= 0.6 is 15.9 Å². The highest BCUT2D eigenvalue weighted by Gasteiger charge is 2.21. The van der Waals surface area contributed by atoms with Gasteiger partial charge in [0.05, 0.1) is 6.04 Å². The van der Waals surface area contributed by atoms with Crippen molar-refractivity contribution in [3.63, 3.8) is 0 Å². The fourth-order valence-corrected chi connectivity index (χ4v) is 3.09. The number of benzene rings is 2. The van der Waals surface area contributed by atoms with E-state index in [0.29, 0.717) is 12.0 Å². The summed E-state index contributed by atoms with van der Waals surface area (Å²) in [5, 5.41) is 2.99. The van der Waals surface area contributed by atoms with Gasteiger partial charge in [0, 0.05) is 28.7 Å². The highest BCUT2D eigenvalue weighted by atomic mass is 79.9. The average molecular weight is 387 g/mol. The van der Waals surface area contributed by atoms with Gasteiger partial charge < -0.3 is 10.2 Å². The number of rotatable bonds is 4. The lowest BCUT2D eigenvalue weighted by Crippen LogP contribution is -2.27. The molecule has 0 radical (unpaired) electrons. The van der Waals surface area contributed by atoms with Crippen LogP contribution < -0.4 is 10.2 Å². The highest BCUT2D eigenvalue weighted by Crippen LogP contribution is 2.22. The smallest absolute Gasteiger partial charge is 0.251 e. The molecule has 0 aromatic heterocycles. The Hall–Kier alpha value is -2.14. The van der Waals surface area contributed by atoms with Crippen molar-refractivity contribution >= 4 is 33.4 Å². The van der Waals surface area contributed by atoms with Crippen molar-refractivity contribution in [2.24, 2.45) is 0 Å². The summed E-state index contributed by atoms with van der Waals surface area (Å²) in [6, 6.07) is 15.0. The molecule has 0 bridgehead atoms. The molecule has 1 saturated heterocycles. The molecule has 1 atom stereocenters. The van der Waals surface area contributed by atoms with Crippen LogP contribution in [0, 0.1) is 0 Å². The molecule has 0 aliphatic carbocycles. The fraction of sp³-hybridized carbons (Fsp3) is 0.263. The number of hydrogen-bond acceptors (Lipinski definition) is 2. The number of nitrogens with one attached hydrogen (secondary N) is 1. The minimum absolute atomic E-state index is 0.0783. The van der Waals surface area contributed by atoms with Crippen molar-refractivity contribution in [2.75, 3.05) is 11.4 Å². The molecule has 3 rings (SSSR count). The summed E-state index contributed by atoms with van der Waals surface area (Å²) < 4.78 is 1.01. The molecular weight excluding hydrogens is 368 g/mol. The second-order valence-electron chi connectivity index (χ2n) is 5.94. The topological polar surface area (TPSA) is 49.4 Å². The third-order valence-corrected chi connectivity index (χ3v) is 4.76. The predicted octanol–water partition coefficient (Wildman–Crippen LogP) is 4.07. The molecule has 2 aromatic carbocycles. The molecule has 1 N–H and O–H groups in total. The minimum atomic E-state index is -0.121. The maximum atomic E-state index is 12.4. The van der Waals surface area contributed by atoms with Gasteiger partial charge in [-0.05, 0) is 55.3 Å². The molecule has 2 amide bonds. The van der Waals surface area contributed by atoms with E-state index in [9.17, 15) is 9.59 Å². The normalized spacial score (nSPS) is 15.4. The molecule has 1 aliphatic rings. The molecule has 2 aromatic rings. The van der Waals surface area contributed by atoms with E-state index < -0.39 is 0 Å². The number of anilines is 1. The number of carbonyl (C=O) groups is 2. The Morgan fingerprint density at radius 3 is 2.38 bits per heavy atom. The zero-order chi connectivity index (χ0) is 17.1. The van der Waals surface area contributed by atoms with Crippen molar-refractivity contribution in [1.29, 1.82) is 0 Å². The molecule has 124 valence electrons. The Labute approximate surface area is 150 Å². The van der Waals surface area contributed by atoms with Gasteiger partial charge in [0.25, 0.3) is 5.91 Å². The summed E-state index contributed by atoms with van der Waals surface area (Å²) >= 11 is 3.41. The zero-order valence-corrected chi connectivity index (χ0v) is 15.0. The highest BCUT2D eigenvalue weighted by molar-refractivity contribution is 9.10. The lowest BCUT2D eigenvalue weighted by Gasteiger charge is -2.17.